The average Bonchev–Trinajstić information content (AvgIpc) is 2.63. The summed E-state index contributed by atoms with van der Waals surface area (Å²) in [6, 6.07) is 11.7. The summed E-state index contributed by atoms with van der Waals surface area (Å²) in [4.78, 5) is 31.8. The van der Waals surface area contributed by atoms with Crippen LogP contribution < -0.4 is 4.90 Å². The molecule has 0 fully saturated rings. The van der Waals surface area contributed by atoms with Gasteiger partial charge in [-0.3, -0.25) is 19.5 Å². The number of anilines is 1. The van der Waals surface area contributed by atoms with Crippen LogP contribution in [0.15, 0.2) is 60.1 Å². The summed E-state index contributed by atoms with van der Waals surface area (Å²) in [5.41, 5.74) is 4.57. The summed E-state index contributed by atoms with van der Waals surface area (Å²) in [5, 5.41) is 0. The van der Waals surface area contributed by atoms with Gasteiger partial charge in [0.15, 0.2) is 5.78 Å². The van der Waals surface area contributed by atoms with Crippen LogP contribution in [0.4, 0.5) is 5.69 Å². The van der Waals surface area contributed by atoms with Crippen LogP contribution in [0.5, 0.6) is 0 Å². The topological polar surface area (TPSA) is 50.3 Å². The van der Waals surface area contributed by atoms with Gasteiger partial charge in [-0.05, 0) is 43.0 Å². The third kappa shape index (κ3) is 2.68. The third-order valence-electron chi connectivity index (χ3n) is 5.12. The Bertz CT molecular complexity index is 870. The number of carbonyl (C=O) groups is 2. The summed E-state index contributed by atoms with van der Waals surface area (Å²) in [6.45, 7) is 2.00. The number of ketones is 1. The first-order valence-corrected chi connectivity index (χ1v) is 8.71. The molecule has 0 saturated heterocycles. The summed E-state index contributed by atoms with van der Waals surface area (Å²) < 4.78 is 0. The number of nitrogens with zero attached hydrogens (tertiary/aromatic N) is 2. The number of allylic oxidation sites excluding steroid dienone is 2. The van der Waals surface area contributed by atoms with Crippen molar-refractivity contribution in [2.75, 3.05) is 4.90 Å². The van der Waals surface area contributed by atoms with Gasteiger partial charge in [0.25, 0.3) is 0 Å². The molecule has 4 heteroatoms. The first kappa shape index (κ1) is 15.8. The van der Waals surface area contributed by atoms with Gasteiger partial charge in [-0.25, -0.2) is 0 Å². The maximum absolute atomic E-state index is 13.1. The number of aromatic nitrogens is 1. The molecule has 1 aliphatic heterocycles. The average molecular weight is 332 g/mol. The normalized spacial score (nSPS) is 20.7. The molecule has 1 amide bonds. The second-order valence-corrected chi connectivity index (χ2v) is 6.70. The zero-order valence-electron chi connectivity index (χ0n) is 14.2. The van der Waals surface area contributed by atoms with E-state index in [1.165, 1.54) is 0 Å². The lowest BCUT2D eigenvalue weighted by molar-refractivity contribution is -0.119. The maximum atomic E-state index is 13.1. The number of carbonyl (C=O) groups excluding carboxylic acids is 2. The Balaban J connectivity index is 1.89. The summed E-state index contributed by atoms with van der Waals surface area (Å²) in [7, 11) is 0. The van der Waals surface area contributed by atoms with Crippen molar-refractivity contribution in [3.8, 4) is 0 Å². The van der Waals surface area contributed by atoms with Crippen LogP contribution in [0.1, 0.15) is 42.7 Å². The zero-order valence-corrected chi connectivity index (χ0v) is 14.2. The predicted octanol–water partition coefficient (Wildman–Crippen LogP) is 3.92. The highest BCUT2D eigenvalue weighted by atomic mass is 16.2. The lowest BCUT2D eigenvalue weighted by atomic mass is 9.77. The van der Waals surface area contributed by atoms with Gasteiger partial charge in [-0.15, -0.1) is 0 Å². The van der Waals surface area contributed by atoms with Crippen LogP contribution in [-0.4, -0.2) is 16.7 Å². The lowest BCUT2D eigenvalue weighted by Crippen LogP contribution is -2.40. The van der Waals surface area contributed by atoms with Gasteiger partial charge >= 0.3 is 0 Å². The highest BCUT2D eigenvalue weighted by molar-refractivity contribution is 6.07. The zero-order chi connectivity index (χ0) is 17.4. The number of para-hydroxylation sites is 1. The molecule has 1 atom stereocenters. The molecule has 2 aliphatic rings. The SMILES string of the molecule is Cc1ccccc1N1C(=O)CC(c2cccnc2)C2=C1CCCC2=O. The van der Waals surface area contributed by atoms with E-state index in [4.69, 9.17) is 0 Å². The van der Waals surface area contributed by atoms with Gasteiger partial charge in [-0.2, -0.15) is 0 Å². The molecule has 0 N–H and O–H groups in total. The molecular weight excluding hydrogens is 312 g/mol. The highest BCUT2D eigenvalue weighted by Gasteiger charge is 2.39. The Kier molecular flexibility index (Phi) is 3.96. The number of amides is 1. The monoisotopic (exact) mass is 332 g/mol. The molecule has 0 radical (unpaired) electrons. The number of aryl methyl sites for hydroxylation is 1. The number of Topliss-reactive ketones (excluding diaryl/α,β-unsaturated/α-hetero) is 1. The van der Waals surface area contributed by atoms with Crippen LogP contribution in [0.3, 0.4) is 0 Å². The van der Waals surface area contributed by atoms with E-state index in [0.717, 1.165) is 40.9 Å². The molecule has 25 heavy (non-hydrogen) atoms. The maximum Gasteiger partial charge on any atom is 0.232 e. The number of benzene rings is 1. The summed E-state index contributed by atoms with van der Waals surface area (Å²) in [5.74, 6) is 0.0436. The molecule has 1 aromatic heterocycles. The fraction of sp³-hybridized carbons (Fsp3) is 0.286. The van der Waals surface area contributed by atoms with Crippen molar-refractivity contribution >= 4 is 17.4 Å². The molecule has 1 aromatic carbocycles. The molecule has 1 unspecified atom stereocenters. The van der Waals surface area contributed by atoms with Crippen molar-refractivity contribution in [3.63, 3.8) is 0 Å². The molecule has 4 rings (SSSR count). The molecule has 2 heterocycles. The van der Waals surface area contributed by atoms with Gasteiger partial charge < -0.3 is 0 Å². The fourth-order valence-electron chi connectivity index (χ4n) is 3.95. The molecule has 126 valence electrons. The number of pyridine rings is 1. The van der Waals surface area contributed by atoms with Crippen molar-refractivity contribution in [1.82, 2.24) is 4.98 Å². The van der Waals surface area contributed by atoms with Crippen LogP contribution >= 0.6 is 0 Å². The van der Waals surface area contributed by atoms with E-state index in [1.807, 2.05) is 43.3 Å². The van der Waals surface area contributed by atoms with Crippen LogP contribution in [-0.2, 0) is 9.59 Å². The van der Waals surface area contributed by atoms with Gasteiger partial charge in [0.1, 0.15) is 0 Å². The number of rotatable bonds is 2. The largest absolute Gasteiger partial charge is 0.294 e. The second-order valence-electron chi connectivity index (χ2n) is 6.70. The van der Waals surface area contributed by atoms with Crippen molar-refractivity contribution in [2.24, 2.45) is 0 Å². The van der Waals surface area contributed by atoms with Crippen molar-refractivity contribution < 1.29 is 9.59 Å². The fourth-order valence-corrected chi connectivity index (χ4v) is 3.95. The van der Waals surface area contributed by atoms with Gasteiger partial charge in [-0.1, -0.05) is 24.3 Å². The van der Waals surface area contributed by atoms with Crippen LogP contribution in [0, 0.1) is 6.92 Å². The molecule has 1 aliphatic carbocycles. The van der Waals surface area contributed by atoms with E-state index in [0.29, 0.717) is 12.8 Å². The molecule has 0 spiro atoms. The van der Waals surface area contributed by atoms with Crippen LogP contribution in [0.2, 0.25) is 0 Å². The van der Waals surface area contributed by atoms with Crippen molar-refractivity contribution in [1.29, 1.82) is 0 Å². The minimum atomic E-state index is -0.177. The second kappa shape index (κ2) is 6.28. The highest BCUT2D eigenvalue weighted by Crippen LogP contribution is 2.43. The predicted molar refractivity (Wildman–Crippen MR) is 96.1 cm³/mol. The molecule has 0 bridgehead atoms. The minimum Gasteiger partial charge on any atom is -0.294 e. The molecule has 0 saturated carbocycles. The van der Waals surface area contributed by atoms with Gasteiger partial charge in [0.2, 0.25) is 5.91 Å². The first-order chi connectivity index (χ1) is 12.2. The molecule has 4 nitrogen and oxygen atoms in total. The smallest absolute Gasteiger partial charge is 0.232 e. The van der Waals surface area contributed by atoms with E-state index in [-0.39, 0.29) is 17.6 Å². The van der Waals surface area contributed by atoms with Crippen molar-refractivity contribution in [3.05, 3.63) is 71.2 Å². The van der Waals surface area contributed by atoms with E-state index in [1.54, 1.807) is 17.3 Å². The Morgan fingerprint density at radius 3 is 2.68 bits per heavy atom. The standard InChI is InChI=1S/C21H20N2O2/c1-14-6-2-3-8-17(14)23-18-9-4-10-19(24)21(18)16(12-20(23)25)15-7-5-11-22-13-15/h2-3,5-8,11,13,16H,4,9-10,12H2,1H3. The van der Waals surface area contributed by atoms with E-state index >= 15 is 0 Å². The van der Waals surface area contributed by atoms with Crippen LogP contribution in [0.25, 0.3) is 0 Å². The number of hydrogen-bond donors (Lipinski definition) is 0. The summed E-state index contributed by atoms with van der Waals surface area (Å²) >= 11 is 0. The Labute approximate surface area is 147 Å². The van der Waals surface area contributed by atoms with E-state index in [2.05, 4.69) is 4.98 Å². The van der Waals surface area contributed by atoms with E-state index in [9.17, 15) is 9.59 Å². The van der Waals surface area contributed by atoms with Gasteiger partial charge in [0, 0.05) is 42.4 Å². The number of hydrogen-bond acceptors (Lipinski definition) is 3. The third-order valence-corrected chi connectivity index (χ3v) is 5.12. The van der Waals surface area contributed by atoms with Crippen molar-refractivity contribution in [2.45, 2.75) is 38.5 Å². The summed E-state index contributed by atoms with van der Waals surface area (Å²) in [6.07, 6.45) is 5.92. The Morgan fingerprint density at radius 2 is 1.92 bits per heavy atom. The lowest BCUT2D eigenvalue weighted by Gasteiger charge is -2.38. The molecule has 2 aromatic rings. The van der Waals surface area contributed by atoms with Gasteiger partial charge in [0.05, 0.1) is 5.69 Å². The Morgan fingerprint density at radius 1 is 1.08 bits per heavy atom. The molecular formula is C21H20N2O2. The quantitative estimate of drug-likeness (QED) is 0.837. The van der Waals surface area contributed by atoms with E-state index < -0.39 is 0 Å². The Hall–Kier alpha value is -2.75. The first-order valence-electron chi connectivity index (χ1n) is 8.71. The minimum absolute atomic E-state index is 0.0524.